The van der Waals surface area contributed by atoms with E-state index in [1.165, 1.54) is 12.8 Å². The summed E-state index contributed by atoms with van der Waals surface area (Å²) in [5, 5.41) is 16.2. The molecule has 2 fully saturated rings. The standard InChI is InChI=1S/C32H33Cl2N5OS/c1-19-11-14-37(15-12-19)27-9-8-23(18-25(27)34)39-31(30(36-32(39)41)26-6-4-5-13-35-26)24-16-20(2)38(21(24)3)28-17-22(33)7-10-29(28)40/h4-10,13,16-19,30-31,40H,11-12,14-15H2,1-3H3,(H,36,41)/t30-,31-/m0/s1. The van der Waals surface area contributed by atoms with Gasteiger partial charge in [-0.1, -0.05) is 36.2 Å². The van der Waals surface area contributed by atoms with Crippen LogP contribution in [0.1, 0.15) is 54.5 Å². The molecule has 2 aromatic carbocycles. The molecule has 0 spiro atoms. The number of aromatic hydroxyl groups is 1. The molecule has 2 N–H and O–H groups in total. The van der Waals surface area contributed by atoms with Gasteiger partial charge in [0.15, 0.2) is 5.11 Å². The van der Waals surface area contributed by atoms with E-state index in [2.05, 4.69) is 47.2 Å². The molecular formula is C32H33Cl2N5OS. The fraction of sp³-hybridized carbons (Fsp3) is 0.312. The lowest BCUT2D eigenvalue weighted by atomic mass is 9.96. The van der Waals surface area contributed by atoms with Crippen molar-refractivity contribution in [2.45, 2.75) is 45.7 Å². The van der Waals surface area contributed by atoms with Crippen LogP contribution in [0.2, 0.25) is 10.0 Å². The molecule has 0 amide bonds. The van der Waals surface area contributed by atoms with E-state index in [0.717, 1.165) is 53.0 Å². The molecule has 9 heteroatoms. The van der Waals surface area contributed by atoms with Gasteiger partial charge in [0.2, 0.25) is 0 Å². The zero-order chi connectivity index (χ0) is 28.8. The SMILES string of the molecule is Cc1cc([C@H]2[C@H](c3ccccn3)NC(=S)N2c2ccc(N3CCC(C)CC3)c(Cl)c2)c(C)n1-c1cc(Cl)ccc1O. The molecule has 0 unspecified atom stereocenters. The van der Waals surface area contributed by atoms with Crippen molar-refractivity contribution in [2.24, 2.45) is 5.92 Å². The third-order valence-corrected chi connectivity index (χ3v) is 9.25. The second-order valence-electron chi connectivity index (χ2n) is 11.1. The number of halogens is 2. The van der Waals surface area contributed by atoms with Crippen molar-refractivity contribution in [2.75, 3.05) is 22.9 Å². The van der Waals surface area contributed by atoms with Crippen LogP contribution in [0.25, 0.3) is 5.69 Å². The maximum atomic E-state index is 10.7. The van der Waals surface area contributed by atoms with Gasteiger partial charge in [-0.2, -0.15) is 0 Å². The minimum atomic E-state index is -0.212. The number of phenols is 1. The smallest absolute Gasteiger partial charge is 0.174 e. The molecule has 0 radical (unpaired) electrons. The number of phenolic OH excluding ortho intramolecular Hbond substituents is 1. The van der Waals surface area contributed by atoms with Gasteiger partial charge in [-0.05, 0) is 105 Å². The normalized spacial score (nSPS) is 19.6. The highest BCUT2D eigenvalue weighted by molar-refractivity contribution is 7.80. The molecule has 0 aliphatic carbocycles. The summed E-state index contributed by atoms with van der Waals surface area (Å²) >= 11 is 19.3. The van der Waals surface area contributed by atoms with Gasteiger partial charge < -0.3 is 24.8 Å². The third kappa shape index (κ3) is 5.16. The van der Waals surface area contributed by atoms with Crippen LogP contribution < -0.4 is 15.1 Å². The number of piperidine rings is 1. The lowest BCUT2D eigenvalue weighted by Crippen LogP contribution is -2.33. The van der Waals surface area contributed by atoms with Crippen molar-refractivity contribution in [1.82, 2.24) is 14.9 Å². The van der Waals surface area contributed by atoms with Crippen molar-refractivity contribution >= 4 is 51.9 Å². The molecule has 2 aliphatic rings. The van der Waals surface area contributed by atoms with E-state index in [1.807, 2.05) is 35.8 Å². The van der Waals surface area contributed by atoms with Gasteiger partial charge in [0, 0.05) is 41.4 Å². The van der Waals surface area contributed by atoms with Gasteiger partial charge in [-0.25, -0.2) is 0 Å². The first-order valence-electron chi connectivity index (χ1n) is 14.0. The molecule has 4 heterocycles. The first-order valence-corrected chi connectivity index (χ1v) is 15.1. The highest BCUT2D eigenvalue weighted by atomic mass is 35.5. The maximum absolute atomic E-state index is 10.7. The van der Waals surface area contributed by atoms with Crippen LogP contribution in [-0.4, -0.2) is 32.9 Å². The summed E-state index contributed by atoms with van der Waals surface area (Å²) in [4.78, 5) is 9.22. The summed E-state index contributed by atoms with van der Waals surface area (Å²) in [6.07, 6.45) is 4.14. The van der Waals surface area contributed by atoms with Crippen molar-refractivity contribution < 1.29 is 5.11 Å². The molecule has 0 bridgehead atoms. The Balaban J connectivity index is 1.45. The number of rotatable bonds is 5. The zero-order valence-electron chi connectivity index (χ0n) is 23.3. The Kier molecular flexibility index (Phi) is 7.62. The fourth-order valence-electron chi connectivity index (χ4n) is 6.23. The quantitative estimate of drug-likeness (QED) is 0.225. The number of hydrogen-bond acceptors (Lipinski definition) is 4. The number of thiocarbonyl (C=S) groups is 1. The van der Waals surface area contributed by atoms with Crippen LogP contribution in [0.5, 0.6) is 5.75 Å². The Hall–Kier alpha value is -3.26. The molecule has 41 heavy (non-hydrogen) atoms. The van der Waals surface area contributed by atoms with E-state index in [-0.39, 0.29) is 17.8 Å². The summed E-state index contributed by atoms with van der Waals surface area (Å²) in [5.41, 5.74) is 6.52. The van der Waals surface area contributed by atoms with Crippen LogP contribution in [0.15, 0.2) is 66.9 Å². The van der Waals surface area contributed by atoms with Gasteiger partial charge in [-0.15, -0.1) is 0 Å². The van der Waals surface area contributed by atoms with Crippen molar-refractivity contribution in [1.29, 1.82) is 0 Å². The number of hydrogen-bond donors (Lipinski definition) is 2. The Morgan fingerprint density at radius 3 is 2.46 bits per heavy atom. The van der Waals surface area contributed by atoms with Gasteiger partial charge >= 0.3 is 0 Å². The van der Waals surface area contributed by atoms with Crippen molar-refractivity contribution in [3.05, 3.63) is 99.6 Å². The maximum Gasteiger partial charge on any atom is 0.174 e. The highest BCUT2D eigenvalue weighted by Gasteiger charge is 2.42. The molecule has 2 atom stereocenters. The third-order valence-electron chi connectivity index (χ3n) is 8.40. The number of aryl methyl sites for hydroxylation is 1. The van der Waals surface area contributed by atoms with E-state index in [0.29, 0.717) is 20.8 Å². The fourth-order valence-corrected chi connectivity index (χ4v) is 7.04. The van der Waals surface area contributed by atoms with Gasteiger partial charge in [-0.3, -0.25) is 4.98 Å². The minimum Gasteiger partial charge on any atom is -0.506 e. The van der Waals surface area contributed by atoms with Crippen LogP contribution in [0, 0.1) is 19.8 Å². The molecule has 212 valence electrons. The average molecular weight is 607 g/mol. The molecular weight excluding hydrogens is 573 g/mol. The highest BCUT2D eigenvalue weighted by Crippen LogP contribution is 2.45. The van der Waals surface area contributed by atoms with Gasteiger partial charge in [0.05, 0.1) is 34.2 Å². The van der Waals surface area contributed by atoms with Crippen LogP contribution in [0.3, 0.4) is 0 Å². The van der Waals surface area contributed by atoms with E-state index in [4.69, 9.17) is 40.4 Å². The van der Waals surface area contributed by atoms with E-state index in [9.17, 15) is 5.11 Å². The summed E-state index contributed by atoms with van der Waals surface area (Å²) < 4.78 is 2.04. The Morgan fingerprint density at radius 1 is 0.976 bits per heavy atom. The predicted octanol–water partition coefficient (Wildman–Crippen LogP) is 7.91. The number of nitrogens with one attached hydrogen (secondary N) is 1. The van der Waals surface area contributed by atoms with Crippen LogP contribution >= 0.6 is 35.4 Å². The Bertz CT molecular complexity index is 1600. The summed E-state index contributed by atoms with van der Waals surface area (Å²) in [7, 11) is 0. The number of nitrogens with zero attached hydrogens (tertiary/aromatic N) is 4. The summed E-state index contributed by atoms with van der Waals surface area (Å²) in [6, 6.07) is 19.0. The second-order valence-corrected chi connectivity index (χ2v) is 12.3. The lowest BCUT2D eigenvalue weighted by Gasteiger charge is -2.33. The lowest BCUT2D eigenvalue weighted by molar-refractivity contribution is 0.438. The topological polar surface area (TPSA) is 56.6 Å². The molecule has 2 saturated heterocycles. The first-order chi connectivity index (χ1) is 19.7. The first kappa shape index (κ1) is 27.9. The van der Waals surface area contributed by atoms with Crippen LogP contribution in [-0.2, 0) is 0 Å². The molecule has 6 rings (SSSR count). The van der Waals surface area contributed by atoms with Gasteiger partial charge in [0.25, 0.3) is 0 Å². The van der Waals surface area contributed by atoms with E-state index < -0.39 is 0 Å². The number of benzene rings is 2. The minimum absolute atomic E-state index is 0.162. The van der Waals surface area contributed by atoms with Gasteiger partial charge in [0.1, 0.15) is 5.75 Å². The van der Waals surface area contributed by atoms with E-state index in [1.54, 1.807) is 24.4 Å². The molecule has 2 aliphatic heterocycles. The van der Waals surface area contributed by atoms with Crippen molar-refractivity contribution in [3.63, 3.8) is 0 Å². The second kappa shape index (κ2) is 11.2. The van der Waals surface area contributed by atoms with E-state index >= 15 is 0 Å². The number of aromatic nitrogens is 2. The predicted molar refractivity (Wildman–Crippen MR) is 172 cm³/mol. The molecule has 2 aromatic heterocycles. The number of pyridine rings is 1. The molecule has 6 nitrogen and oxygen atoms in total. The summed E-state index contributed by atoms with van der Waals surface area (Å²) in [6.45, 7) is 8.42. The largest absolute Gasteiger partial charge is 0.506 e. The molecule has 0 saturated carbocycles. The zero-order valence-corrected chi connectivity index (χ0v) is 25.6. The number of anilines is 2. The average Bonchev–Trinajstić information content (AvgIpc) is 3.45. The van der Waals surface area contributed by atoms with Crippen molar-refractivity contribution in [3.8, 4) is 11.4 Å². The Labute approximate surface area is 256 Å². The molecule has 4 aromatic rings. The Morgan fingerprint density at radius 2 is 1.76 bits per heavy atom. The monoisotopic (exact) mass is 605 g/mol. The summed E-state index contributed by atoms with van der Waals surface area (Å²) in [5.74, 6) is 0.907. The van der Waals surface area contributed by atoms with Crippen LogP contribution in [0.4, 0.5) is 11.4 Å².